The molecule has 2 aliphatic heterocycles. The van der Waals surface area contributed by atoms with Gasteiger partial charge in [0.1, 0.15) is 0 Å². The Hall–Kier alpha value is -0.120. The Bertz CT molecular complexity index is 231. The summed E-state index contributed by atoms with van der Waals surface area (Å²) < 4.78 is 5.44. The van der Waals surface area contributed by atoms with Gasteiger partial charge in [-0.15, -0.1) is 0 Å². The number of likely N-dealkylation sites (tertiary alicyclic amines) is 1. The predicted molar refractivity (Wildman–Crippen MR) is 71.3 cm³/mol. The van der Waals surface area contributed by atoms with Crippen molar-refractivity contribution in [3.63, 3.8) is 0 Å². The summed E-state index contributed by atoms with van der Waals surface area (Å²) in [6.07, 6.45) is 3.83. The van der Waals surface area contributed by atoms with Gasteiger partial charge in [0.25, 0.3) is 0 Å². The minimum Gasteiger partial charge on any atom is -0.381 e. The van der Waals surface area contributed by atoms with Crippen molar-refractivity contribution >= 4 is 0 Å². The van der Waals surface area contributed by atoms with Crippen molar-refractivity contribution in [2.75, 3.05) is 32.8 Å². The van der Waals surface area contributed by atoms with Gasteiger partial charge in [0.15, 0.2) is 0 Å². The molecule has 1 N–H and O–H groups in total. The topological polar surface area (TPSA) is 24.5 Å². The predicted octanol–water partition coefficient (Wildman–Crippen LogP) is 1.88. The average molecular weight is 240 g/mol. The normalized spacial score (nSPS) is 28.8. The molecule has 2 rings (SSSR count). The first kappa shape index (κ1) is 13.3. The van der Waals surface area contributed by atoms with Gasteiger partial charge in [-0.3, -0.25) is 4.90 Å². The fraction of sp³-hybridized carbons (Fsp3) is 1.00. The largest absolute Gasteiger partial charge is 0.381 e. The molecule has 100 valence electrons. The van der Waals surface area contributed by atoms with E-state index in [2.05, 4.69) is 31.0 Å². The Balaban J connectivity index is 1.71. The fourth-order valence-electron chi connectivity index (χ4n) is 2.86. The first-order chi connectivity index (χ1) is 8.04. The van der Waals surface area contributed by atoms with Crippen LogP contribution in [0.1, 0.15) is 40.0 Å². The number of hydrogen-bond acceptors (Lipinski definition) is 3. The molecule has 2 fully saturated rings. The highest BCUT2D eigenvalue weighted by atomic mass is 16.5. The zero-order chi connectivity index (χ0) is 12.3. The molecule has 0 saturated carbocycles. The Kier molecular flexibility index (Phi) is 4.45. The van der Waals surface area contributed by atoms with Crippen LogP contribution in [0, 0.1) is 5.92 Å². The van der Waals surface area contributed by atoms with Crippen LogP contribution in [0.2, 0.25) is 0 Å². The Labute approximate surface area is 106 Å². The highest BCUT2D eigenvalue weighted by molar-refractivity contribution is 4.85. The smallest absolute Gasteiger partial charge is 0.0480 e. The van der Waals surface area contributed by atoms with E-state index in [1.54, 1.807) is 0 Å². The average Bonchev–Trinajstić information content (AvgIpc) is 2.75. The SMILES string of the molecule is CC(C)(C)NCC1CCN(C2CCOCC2)C1. The summed E-state index contributed by atoms with van der Waals surface area (Å²) in [7, 11) is 0. The van der Waals surface area contributed by atoms with Crippen LogP contribution in [0.15, 0.2) is 0 Å². The van der Waals surface area contributed by atoms with Crippen molar-refractivity contribution in [2.24, 2.45) is 5.92 Å². The molecule has 0 bridgehead atoms. The third-order valence-corrected chi connectivity index (χ3v) is 3.95. The second kappa shape index (κ2) is 5.68. The Morgan fingerprint density at radius 1 is 1.18 bits per heavy atom. The molecule has 0 radical (unpaired) electrons. The van der Waals surface area contributed by atoms with Gasteiger partial charge in [-0.2, -0.15) is 0 Å². The Morgan fingerprint density at radius 3 is 2.53 bits per heavy atom. The quantitative estimate of drug-likeness (QED) is 0.815. The molecule has 0 aromatic heterocycles. The lowest BCUT2D eigenvalue weighted by Crippen LogP contribution is -2.41. The Morgan fingerprint density at radius 2 is 1.88 bits per heavy atom. The summed E-state index contributed by atoms with van der Waals surface area (Å²) in [6.45, 7) is 12.4. The van der Waals surface area contributed by atoms with Crippen molar-refractivity contribution in [3.05, 3.63) is 0 Å². The standard InChI is InChI=1S/C14H28N2O/c1-14(2,3)15-10-12-4-7-16(11-12)13-5-8-17-9-6-13/h12-13,15H,4-11H2,1-3H3. The highest BCUT2D eigenvalue weighted by Gasteiger charge is 2.29. The molecule has 0 spiro atoms. The maximum atomic E-state index is 5.44. The highest BCUT2D eigenvalue weighted by Crippen LogP contribution is 2.23. The summed E-state index contributed by atoms with van der Waals surface area (Å²) in [6, 6.07) is 0.795. The minimum atomic E-state index is 0.256. The monoisotopic (exact) mass is 240 g/mol. The first-order valence-electron chi connectivity index (χ1n) is 7.11. The molecule has 1 unspecified atom stereocenters. The van der Waals surface area contributed by atoms with Crippen molar-refractivity contribution < 1.29 is 4.74 Å². The second-order valence-corrected chi connectivity index (χ2v) is 6.62. The summed E-state index contributed by atoms with van der Waals surface area (Å²) in [5.41, 5.74) is 0.256. The molecular weight excluding hydrogens is 212 g/mol. The van der Waals surface area contributed by atoms with Crippen LogP contribution in [0.3, 0.4) is 0 Å². The molecule has 0 amide bonds. The fourth-order valence-corrected chi connectivity index (χ4v) is 2.86. The molecular formula is C14H28N2O. The van der Waals surface area contributed by atoms with Crippen LogP contribution in [-0.2, 0) is 4.74 Å². The maximum Gasteiger partial charge on any atom is 0.0480 e. The van der Waals surface area contributed by atoms with E-state index in [1.165, 1.54) is 38.9 Å². The zero-order valence-electron chi connectivity index (χ0n) is 11.7. The summed E-state index contributed by atoms with van der Waals surface area (Å²) in [5.74, 6) is 0.845. The van der Waals surface area contributed by atoms with Crippen LogP contribution in [0.5, 0.6) is 0 Å². The van der Waals surface area contributed by atoms with Gasteiger partial charge < -0.3 is 10.1 Å². The van der Waals surface area contributed by atoms with E-state index >= 15 is 0 Å². The molecule has 2 saturated heterocycles. The molecule has 3 heteroatoms. The number of ether oxygens (including phenoxy) is 1. The van der Waals surface area contributed by atoms with Crippen LogP contribution >= 0.6 is 0 Å². The van der Waals surface area contributed by atoms with E-state index in [0.717, 1.165) is 25.2 Å². The van der Waals surface area contributed by atoms with Gasteiger partial charge >= 0.3 is 0 Å². The van der Waals surface area contributed by atoms with E-state index in [1.807, 2.05) is 0 Å². The van der Waals surface area contributed by atoms with Gasteiger partial charge in [0.05, 0.1) is 0 Å². The molecule has 17 heavy (non-hydrogen) atoms. The lowest BCUT2D eigenvalue weighted by molar-refractivity contribution is 0.0411. The summed E-state index contributed by atoms with van der Waals surface area (Å²) >= 11 is 0. The number of hydrogen-bond donors (Lipinski definition) is 1. The summed E-state index contributed by atoms with van der Waals surface area (Å²) in [5, 5.41) is 3.64. The van der Waals surface area contributed by atoms with Crippen LogP contribution in [-0.4, -0.2) is 49.3 Å². The molecule has 0 aromatic rings. The lowest BCUT2D eigenvalue weighted by atomic mass is 10.0. The second-order valence-electron chi connectivity index (χ2n) is 6.62. The van der Waals surface area contributed by atoms with E-state index in [0.29, 0.717) is 0 Å². The third kappa shape index (κ3) is 4.23. The van der Waals surface area contributed by atoms with Crippen molar-refractivity contribution in [1.82, 2.24) is 10.2 Å². The lowest BCUT2D eigenvalue weighted by Gasteiger charge is -2.31. The molecule has 1 atom stereocenters. The van der Waals surface area contributed by atoms with Crippen LogP contribution < -0.4 is 5.32 Å². The molecule has 0 aromatic carbocycles. The molecule has 2 aliphatic rings. The van der Waals surface area contributed by atoms with E-state index in [-0.39, 0.29) is 5.54 Å². The van der Waals surface area contributed by atoms with E-state index in [4.69, 9.17) is 4.74 Å². The van der Waals surface area contributed by atoms with Gasteiger partial charge in [-0.25, -0.2) is 0 Å². The minimum absolute atomic E-state index is 0.256. The van der Waals surface area contributed by atoms with Crippen molar-refractivity contribution in [1.29, 1.82) is 0 Å². The first-order valence-corrected chi connectivity index (χ1v) is 7.11. The zero-order valence-corrected chi connectivity index (χ0v) is 11.7. The molecule has 3 nitrogen and oxygen atoms in total. The van der Waals surface area contributed by atoms with Gasteiger partial charge in [-0.1, -0.05) is 0 Å². The summed E-state index contributed by atoms with van der Waals surface area (Å²) in [4.78, 5) is 2.69. The number of rotatable bonds is 3. The van der Waals surface area contributed by atoms with Gasteiger partial charge in [-0.05, 0) is 59.0 Å². The third-order valence-electron chi connectivity index (χ3n) is 3.95. The molecule has 2 heterocycles. The van der Waals surface area contributed by atoms with E-state index in [9.17, 15) is 0 Å². The number of nitrogens with one attached hydrogen (secondary N) is 1. The molecule has 0 aliphatic carbocycles. The van der Waals surface area contributed by atoms with E-state index < -0.39 is 0 Å². The van der Waals surface area contributed by atoms with Crippen LogP contribution in [0.25, 0.3) is 0 Å². The van der Waals surface area contributed by atoms with Crippen molar-refractivity contribution in [2.45, 2.75) is 51.6 Å². The van der Waals surface area contributed by atoms with Gasteiger partial charge in [0.2, 0.25) is 0 Å². The van der Waals surface area contributed by atoms with Crippen LogP contribution in [0.4, 0.5) is 0 Å². The maximum absolute atomic E-state index is 5.44. The van der Waals surface area contributed by atoms with Crippen molar-refractivity contribution in [3.8, 4) is 0 Å². The van der Waals surface area contributed by atoms with Gasteiger partial charge in [0, 0.05) is 31.3 Å². The number of nitrogens with zero attached hydrogens (tertiary/aromatic N) is 1.